The number of ketones is 1. The molecular weight excluding hydrogens is 1200 g/mol. The van der Waals surface area contributed by atoms with Crippen molar-refractivity contribution in [2.45, 2.75) is 121 Å². The number of urea groups is 1. The Morgan fingerprint density at radius 3 is 1.57 bits per heavy atom. The first kappa shape index (κ1) is 69.2. The zero-order valence-electron chi connectivity index (χ0n) is 45.0. The van der Waals surface area contributed by atoms with Gasteiger partial charge in [0, 0.05) is 135 Å². The minimum absolute atomic E-state index is 0. The largest absolute Gasteiger partial charge is 0.481 e. The van der Waals surface area contributed by atoms with Crippen molar-refractivity contribution < 1.29 is 116 Å². The minimum Gasteiger partial charge on any atom is -0.481 e. The van der Waals surface area contributed by atoms with E-state index in [1.165, 1.54) is 0 Å². The number of carbonyl (C=O) groups excluding carboxylic acids is 2. The maximum Gasteiger partial charge on any atom is 0.326 e. The molecule has 0 bridgehead atoms. The predicted molar refractivity (Wildman–Crippen MR) is 283 cm³/mol. The zero-order chi connectivity index (χ0) is 57.6. The quantitative estimate of drug-likeness (QED) is 0.0434. The van der Waals surface area contributed by atoms with Crippen LogP contribution in [-0.4, -0.2) is 235 Å². The Balaban J connectivity index is 0.0000213. The van der Waals surface area contributed by atoms with Gasteiger partial charge in [-0.3, -0.25) is 48.4 Å². The number of aliphatic carboxylic acids is 7. The monoisotopic (exact) mass is 1280 g/mol. The van der Waals surface area contributed by atoms with Crippen LogP contribution >= 0.6 is 0 Å². The van der Waals surface area contributed by atoms with E-state index >= 15 is 0 Å². The van der Waals surface area contributed by atoms with Gasteiger partial charge in [0.15, 0.2) is 0 Å². The van der Waals surface area contributed by atoms with E-state index < -0.39 is 72.4 Å². The second-order valence-corrected chi connectivity index (χ2v) is 19.7. The molecule has 2 heterocycles. The van der Waals surface area contributed by atoms with Crippen molar-refractivity contribution in [3.05, 3.63) is 41.2 Å². The van der Waals surface area contributed by atoms with E-state index in [-0.39, 0.29) is 134 Å². The van der Waals surface area contributed by atoms with Crippen molar-refractivity contribution >= 4 is 65.5 Å². The summed E-state index contributed by atoms with van der Waals surface area (Å²) in [5.41, 5.74) is 1.75. The molecule has 1 fully saturated rings. The number of carboxylic acid groups (broad SMARTS) is 7. The topological polar surface area (TPSA) is 386 Å². The molecule has 1 saturated heterocycles. The molecule has 0 spiro atoms. The number of carbonyl (C=O) groups is 9. The van der Waals surface area contributed by atoms with Crippen LogP contribution in [0.4, 0.5) is 16.7 Å². The maximum absolute atomic E-state index is 12.5. The number of nitrogens with one attached hydrogen (secondary N) is 3. The number of rotatable bonds is 36. The van der Waals surface area contributed by atoms with Crippen molar-refractivity contribution in [1.29, 1.82) is 0 Å². The average Bonchev–Trinajstić information content (AvgIpc) is 3.37. The number of unbranched alkanes of at least 4 members (excludes halogenated alkanes) is 7. The van der Waals surface area contributed by atoms with Crippen LogP contribution in [0.3, 0.4) is 0 Å². The molecule has 1 aliphatic rings. The van der Waals surface area contributed by atoms with Crippen molar-refractivity contribution in [3.63, 3.8) is 0 Å². The molecule has 1 aromatic heterocycles. The van der Waals surface area contributed by atoms with Crippen molar-refractivity contribution in [2.24, 2.45) is 0 Å². The normalized spacial score (nSPS) is 15.7. The number of nitrogens with zero attached hydrogens (tertiary/aromatic N) is 8. The summed E-state index contributed by atoms with van der Waals surface area (Å²) in [5, 5.41) is 74.0. The molecule has 27 nitrogen and oxygen atoms in total. The minimum atomic E-state index is -1.50. The first-order chi connectivity index (χ1) is 37.1. The SMILES string of the molecule is CN(C)c1nc(Cc2ccc(CC3CN(CC(=O)O)CCN(CC(=O)O)CCN(CC(=O)O)CCN3CC(=O)O)cc2)nc(NCCCCCCCCCC(=O)CCCC[C@H](NC(=O)N[C@@H](CCC(=O)O)C(=O)O)C(=O)O)n1.[Lu]. The van der Waals surface area contributed by atoms with Gasteiger partial charge in [0.1, 0.15) is 23.7 Å². The number of hydrogen-bond donors (Lipinski definition) is 10. The van der Waals surface area contributed by atoms with Gasteiger partial charge in [0.05, 0.1) is 26.2 Å². The Morgan fingerprint density at radius 1 is 0.557 bits per heavy atom. The predicted octanol–water partition coefficient (Wildman–Crippen LogP) is 1.73. The molecule has 10 N–H and O–H groups in total. The Kier molecular flexibility index (Phi) is 33.2. The second-order valence-electron chi connectivity index (χ2n) is 19.7. The molecule has 79 heavy (non-hydrogen) atoms. The summed E-state index contributed by atoms with van der Waals surface area (Å²) >= 11 is 0. The fourth-order valence-electron chi connectivity index (χ4n) is 8.84. The van der Waals surface area contributed by atoms with Gasteiger partial charge in [-0.1, -0.05) is 62.8 Å². The summed E-state index contributed by atoms with van der Waals surface area (Å²) in [6.07, 6.45) is 7.79. The molecule has 1 unspecified atom stereocenters. The molecule has 3 atom stereocenters. The molecule has 2 aromatic rings. The number of aromatic nitrogens is 3. The van der Waals surface area contributed by atoms with Crippen molar-refractivity contribution in [2.75, 3.05) is 103 Å². The summed E-state index contributed by atoms with van der Waals surface area (Å²) in [5.74, 6) is -6.81. The molecule has 0 aliphatic carbocycles. The number of amides is 2. The smallest absolute Gasteiger partial charge is 0.326 e. The number of benzene rings is 1. The number of Topliss-reactive ketones (excluding diaryl/α,β-unsaturated/α-hetero) is 1. The maximum atomic E-state index is 12.5. The van der Waals surface area contributed by atoms with E-state index in [2.05, 4.69) is 25.9 Å². The summed E-state index contributed by atoms with van der Waals surface area (Å²) in [7, 11) is 3.67. The molecule has 3 rings (SSSR count). The third-order valence-electron chi connectivity index (χ3n) is 13.0. The average molecular weight is 1280 g/mol. The first-order valence-electron chi connectivity index (χ1n) is 26.3. The molecule has 28 heteroatoms. The molecule has 2 amide bonds. The van der Waals surface area contributed by atoms with Crippen molar-refractivity contribution in [1.82, 2.24) is 45.2 Å². The third-order valence-corrected chi connectivity index (χ3v) is 13.0. The van der Waals surface area contributed by atoms with Crippen LogP contribution in [0.15, 0.2) is 24.3 Å². The molecular formula is C51H79LuN11O16. The van der Waals surface area contributed by atoms with Gasteiger partial charge < -0.3 is 56.6 Å². The fraction of sp³-hybridized carbons (Fsp3) is 0.647. The molecule has 1 aromatic carbocycles. The summed E-state index contributed by atoms with van der Waals surface area (Å²) < 4.78 is 0. The number of hydrogen-bond acceptors (Lipinski definition) is 18. The van der Waals surface area contributed by atoms with Gasteiger partial charge in [0.2, 0.25) is 11.9 Å². The van der Waals surface area contributed by atoms with E-state index in [9.17, 15) is 73.8 Å². The Morgan fingerprint density at radius 2 is 1.04 bits per heavy atom. The van der Waals surface area contributed by atoms with E-state index in [1.54, 1.807) is 24.5 Å². The number of anilines is 2. The fourth-order valence-corrected chi connectivity index (χ4v) is 8.84. The Labute approximate surface area is 488 Å². The van der Waals surface area contributed by atoms with Gasteiger partial charge in [-0.15, -0.1) is 0 Å². The van der Waals surface area contributed by atoms with Crippen LogP contribution in [0.1, 0.15) is 107 Å². The molecule has 1 radical (unpaired) electrons. The summed E-state index contributed by atoms with van der Waals surface area (Å²) in [6, 6.07) is 3.34. The van der Waals surface area contributed by atoms with Gasteiger partial charge in [-0.25, -0.2) is 14.4 Å². The van der Waals surface area contributed by atoms with Crippen LogP contribution in [0.25, 0.3) is 0 Å². The Hall–Kier alpha value is -5.87. The van der Waals surface area contributed by atoms with Crippen LogP contribution < -0.4 is 20.9 Å². The standard InChI is InChI=1S/C51H79N11O16.Lu/c1-58(2)50-56-41(55-49(57-50)52-21-11-7-5-3-4-6-8-12-38(63)13-9-10-14-39(47(74)75)53-51(78)54-40(48(76)77)19-20-42(64)65)29-36-17-15-35(16-18-36)28-37-30-61(33-45(70)71)25-24-59(31-43(66)67)22-23-60(32-44(68)69)26-27-62(37)34-46(72)73;/h15-18,37,39-40H,3-14,19-34H2,1-2H3,(H,64,65)(H,66,67)(H,68,69)(H,70,71)(H,72,73)(H,74,75)(H,76,77)(H2,53,54,78)(H,52,55,56,57);/t37?,39-,40-;/m0./s1. The third kappa shape index (κ3) is 30.3. The van der Waals surface area contributed by atoms with Crippen LogP contribution in [-0.2, 0) is 51.2 Å². The summed E-state index contributed by atoms with van der Waals surface area (Å²) in [4.78, 5) is 128. The van der Waals surface area contributed by atoms with E-state index in [0.717, 1.165) is 56.1 Å². The molecule has 0 saturated carbocycles. The second kappa shape index (κ2) is 37.9. The summed E-state index contributed by atoms with van der Waals surface area (Å²) in [6.45, 7) is 0.621. The van der Waals surface area contributed by atoms with E-state index in [4.69, 9.17) is 10.1 Å². The van der Waals surface area contributed by atoms with Gasteiger partial charge in [-0.05, 0) is 49.7 Å². The van der Waals surface area contributed by atoms with Crippen LogP contribution in [0.5, 0.6) is 0 Å². The van der Waals surface area contributed by atoms with E-state index in [1.807, 2.05) is 38.4 Å². The van der Waals surface area contributed by atoms with Gasteiger partial charge >= 0.3 is 47.8 Å². The number of carboxylic acids is 7. The molecule has 449 valence electrons. The van der Waals surface area contributed by atoms with Gasteiger partial charge in [0.25, 0.3) is 0 Å². The van der Waals surface area contributed by atoms with Crippen LogP contribution in [0, 0.1) is 36.9 Å². The zero-order valence-corrected chi connectivity index (χ0v) is 46.6. The Bertz CT molecular complexity index is 2280. The van der Waals surface area contributed by atoms with Crippen molar-refractivity contribution in [3.8, 4) is 0 Å². The first-order valence-corrected chi connectivity index (χ1v) is 26.3. The van der Waals surface area contributed by atoms with E-state index in [0.29, 0.717) is 56.4 Å². The van der Waals surface area contributed by atoms with Crippen LogP contribution in [0.2, 0.25) is 0 Å². The molecule has 1 aliphatic heterocycles. The van der Waals surface area contributed by atoms with Gasteiger partial charge in [-0.2, -0.15) is 15.0 Å².